The predicted molar refractivity (Wildman–Crippen MR) is 76.2 cm³/mol. The lowest BCUT2D eigenvalue weighted by molar-refractivity contribution is 0.430. The molecule has 2 rings (SSSR count). The van der Waals surface area contributed by atoms with Gasteiger partial charge >= 0.3 is 0 Å². The Morgan fingerprint density at radius 3 is 2.32 bits per heavy atom. The van der Waals surface area contributed by atoms with Crippen molar-refractivity contribution in [2.45, 2.75) is 11.8 Å². The van der Waals surface area contributed by atoms with Crippen molar-refractivity contribution in [1.29, 1.82) is 0 Å². The molecule has 1 heterocycles. The van der Waals surface area contributed by atoms with Crippen molar-refractivity contribution >= 4 is 55.0 Å². The maximum absolute atomic E-state index is 12.2. The van der Waals surface area contributed by atoms with E-state index in [1.807, 2.05) is 0 Å². The molecule has 0 radical (unpaired) electrons. The van der Waals surface area contributed by atoms with Crippen LogP contribution in [0.3, 0.4) is 0 Å². The Hall–Kier alpha value is -0.760. The third-order valence-corrected chi connectivity index (χ3v) is 4.82. The van der Waals surface area contributed by atoms with Crippen molar-refractivity contribution in [3.05, 3.63) is 38.4 Å². The van der Waals surface area contributed by atoms with Crippen LogP contribution in [-0.2, 0) is 10.0 Å². The average Bonchev–Trinajstić information content (AvgIpc) is 2.60. The van der Waals surface area contributed by atoms with Gasteiger partial charge in [0.1, 0.15) is 4.90 Å². The summed E-state index contributed by atoms with van der Waals surface area (Å²) >= 11 is 15.0. The molecule has 0 amide bonds. The van der Waals surface area contributed by atoms with E-state index in [0.29, 0.717) is 10.2 Å². The molecule has 0 aliphatic rings. The number of rotatable bonds is 3. The molecule has 1 N–H and O–H groups in total. The average molecular weight is 386 g/mol. The smallest absolute Gasteiger partial charge is 0.267 e. The molecule has 2 aromatic rings. The summed E-state index contributed by atoms with van der Waals surface area (Å²) < 4.78 is 31.9. The van der Waals surface area contributed by atoms with Crippen LogP contribution in [0.15, 0.2) is 32.1 Å². The lowest BCUT2D eigenvalue weighted by Crippen LogP contribution is -2.13. The van der Waals surface area contributed by atoms with Crippen LogP contribution >= 0.6 is 39.1 Å². The topological polar surface area (TPSA) is 72.2 Å². The number of halogens is 3. The highest BCUT2D eigenvalue weighted by atomic mass is 79.9. The van der Waals surface area contributed by atoms with Crippen molar-refractivity contribution in [1.82, 2.24) is 5.16 Å². The highest BCUT2D eigenvalue weighted by molar-refractivity contribution is 9.10. The van der Waals surface area contributed by atoms with Crippen LogP contribution in [-0.4, -0.2) is 13.6 Å². The first-order valence-corrected chi connectivity index (χ1v) is 7.93. The highest BCUT2D eigenvalue weighted by Crippen LogP contribution is 2.33. The first-order chi connectivity index (χ1) is 8.79. The zero-order valence-electron chi connectivity index (χ0n) is 9.45. The number of benzene rings is 1. The van der Waals surface area contributed by atoms with Crippen LogP contribution in [0.2, 0.25) is 10.0 Å². The number of nitrogens with zero attached hydrogens (tertiary/aromatic N) is 1. The summed E-state index contributed by atoms with van der Waals surface area (Å²) in [7, 11) is -3.95. The fraction of sp³-hybridized carbons (Fsp3) is 0.100. The van der Waals surface area contributed by atoms with Gasteiger partial charge in [0.2, 0.25) is 5.88 Å². The summed E-state index contributed by atoms with van der Waals surface area (Å²) in [6.07, 6.45) is 0. The standard InChI is InChI=1S/C10H7BrCl2N2O3S/c1-5-2-9(18-14-5)15-19(16,17)10-7(12)3-6(11)4-8(10)13/h2-4,15H,1H3. The molecule has 1 aromatic heterocycles. The number of aromatic nitrogens is 1. The number of hydrogen-bond donors (Lipinski definition) is 1. The van der Waals surface area contributed by atoms with Crippen LogP contribution in [0, 0.1) is 6.92 Å². The number of aryl methyl sites for hydroxylation is 1. The van der Waals surface area contributed by atoms with Gasteiger partial charge in [-0.2, -0.15) is 0 Å². The summed E-state index contributed by atoms with van der Waals surface area (Å²) in [6.45, 7) is 1.67. The number of hydrogen-bond acceptors (Lipinski definition) is 4. The zero-order chi connectivity index (χ0) is 14.2. The van der Waals surface area contributed by atoms with Crippen molar-refractivity contribution in [2.75, 3.05) is 4.72 Å². The molecule has 5 nitrogen and oxygen atoms in total. The van der Waals surface area contributed by atoms with Crippen LogP contribution in [0.1, 0.15) is 5.69 Å². The van der Waals surface area contributed by atoms with Gasteiger partial charge in [0.25, 0.3) is 10.0 Å². The van der Waals surface area contributed by atoms with Gasteiger partial charge in [-0.1, -0.05) is 44.3 Å². The van der Waals surface area contributed by atoms with E-state index in [1.54, 1.807) is 6.92 Å². The zero-order valence-corrected chi connectivity index (χ0v) is 13.4. The van der Waals surface area contributed by atoms with E-state index in [0.717, 1.165) is 0 Å². The minimum Gasteiger partial charge on any atom is -0.338 e. The molecule has 0 spiro atoms. The fourth-order valence-corrected chi connectivity index (χ4v) is 4.29. The Morgan fingerprint density at radius 2 is 1.84 bits per heavy atom. The Bertz CT molecular complexity index is 707. The van der Waals surface area contributed by atoms with E-state index in [4.69, 9.17) is 27.7 Å². The highest BCUT2D eigenvalue weighted by Gasteiger charge is 2.23. The van der Waals surface area contributed by atoms with E-state index in [9.17, 15) is 8.42 Å². The van der Waals surface area contributed by atoms with Crippen molar-refractivity contribution in [3.63, 3.8) is 0 Å². The van der Waals surface area contributed by atoms with E-state index in [-0.39, 0.29) is 20.8 Å². The summed E-state index contributed by atoms with van der Waals surface area (Å²) in [4.78, 5) is -0.215. The molecule has 0 atom stereocenters. The van der Waals surface area contributed by atoms with Gasteiger partial charge in [-0.25, -0.2) is 13.1 Å². The number of anilines is 1. The second-order valence-electron chi connectivity index (χ2n) is 3.64. The SMILES string of the molecule is Cc1cc(NS(=O)(=O)c2c(Cl)cc(Br)cc2Cl)on1. The van der Waals surface area contributed by atoms with E-state index in [1.165, 1.54) is 18.2 Å². The van der Waals surface area contributed by atoms with E-state index in [2.05, 4.69) is 25.8 Å². The van der Waals surface area contributed by atoms with Crippen LogP contribution in [0.4, 0.5) is 5.88 Å². The lowest BCUT2D eigenvalue weighted by atomic mass is 10.4. The Kier molecular flexibility index (Phi) is 4.10. The molecule has 0 saturated heterocycles. The summed E-state index contributed by atoms with van der Waals surface area (Å²) in [5.74, 6) is -0.00690. The van der Waals surface area contributed by atoms with Crippen LogP contribution < -0.4 is 4.72 Å². The van der Waals surface area contributed by atoms with Gasteiger partial charge in [0.05, 0.1) is 15.7 Å². The van der Waals surface area contributed by atoms with Gasteiger partial charge in [-0.3, -0.25) is 0 Å². The summed E-state index contributed by atoms with van der Waals surface area (Å²) in [5.41, 5.74) is 0.547. The maximum atomic E-state index is 12.2. The normalized spacial score (nSPS) is 11.6. The Morgan fingerprint density at radius 1 is 1.26 bits per heavy atom. The van der Waals surface area contributed by atoms with Crippen molar-refractivity contribution < 1.29 is 12.9 Å². The lowest BCUT2D eigenvalue weighted by Gasteiger charge is -2.09. The molecular formula is C10H7BrCl2N2O3S. The number of sulfonamides is 1. The molecule has 0 unspecified atom stereocenters. The fourth-order valence-electron chi connectivity index (χ4n) is 1.38. The van der Waals surface area contributed by atoms with E-state index >= 15 is 0 Å². The predicted octanol–water partition coefficient (Wildman–Crippen LogP) is 3.85. The monoisotopic (exact) mass is 384 g/mol. The van der Waals surface area contributed by atoms with Crippen molar-refractivity contribution in [2.24, 2.45) is 0 Å². The molecule has 0 bridgehead atoms. The molecule has 102 valence electrons. The molecule has 0 aliphatic heterocycles. The molecule has 0 aliphatic carbocycles. The van der Waals surface area contributed by atoms with Crippen LogP contribution in [0.25, 0.3) is 0 Å². The molecular weight excluding hydrogens is 379 g/mol. The van der Waals surface area contributed by atoms with Gasteiger partial charge < -0.3 is 4.52 Å². The number of nitrogens with one attached hydrogen (secondary N) is 1. The second kappa shape index (κ2) is 5.32. The molecule has 1 aromatic carbocycles. The van der Waals surface area contributed by atoms with Gasteiger partial charge in [0, 0.05) is 10.5 Å². The largest absolute Gasteiger partial charge is 0.338 e. The van der Waals surface area contributed by atoms with Gasteiger partial charge in [-0.15, -0.1) is 0 Å². The first-order valence-electron chi connectivity index (χ1n) is 4.90. The summed E-state index contributed by atoms with van der Waals surface area (Å²) in [5, 5.41) is 3.58. The van der Waals surface area contributed by atoms with E-state index < -0.39 is 10.0 Å². The minimum atomic E-state index is -3.95. The Labute approximate surface area is 128 Å². The Balaban J connectivity index is 2.45. The summed E-state index contributed by atoms with van der Waals surface area (Å²) in [6, 6.07) is 4.32. The first kappa shape index (κ1) is 14.6. The maximum Gasteiger partial charge on any atom is 0.267 e. The van der Waals surface area contributed by atoms with Gasteiger partial charge in [-0.05, 0) is 19.1 Å². The molecule has 0 fully saturated rings. The molecule has 0 saturated carbocycles. The van der Waals surface area contributed by atoms with Crippen molar-refractivity contribution in [3.8, 4) is 0 Å². The quantitative estimate of drug-likeness (QED) is 0.870. The third-order valence-electron chi connectivity index (χ3n) is 2.09. The minimum absolute atomic E-state index is 0.00288. The molecule has 19 heavy (non-hydrogen) atoms. The third kappa shape index (κ3) is 3.22. The van der Waals surface area contributed by atoms with Crippen LogP contribution in [0.5, 0.6) is 0 Å². The van der Waals surface area contributed by atoms with Gasteiger partial charge in [0.15, 0.2) is 0 Å². The molecule has 9 heteroatoms. The second-order valence-corrected chi connectivity index (χ2v) is 6.99.